The summed E-state index contributed by atoms with van der Waals surface area (Å²) < 4.78 is 24.5. The summed E-state index contributed by atoms with van der Waals surface area (Å²) >= 11 is 0. The Morgan fingerprint density at radius 2 is 1.91 bits per heavy atom. The van der Waals surface area contributed by atoms with Crippen molar-refractivity contribution in [1.29, 1.82) is 0 Å². The third kappa shape index (κ3) is 2.73. The van der Waals surface area contributed by atoms with Crippen LogP contribution < -0.4 is 5.73 Å². The monoisotopic (exact) mass is 165 g/mol. The molecule has 1 nitrogen and oxygen atoms in total. The van der Waals surface area contributed by atoms with Gasteiger partial charge in [-0.1, -0.05) is 20.3 Å². The van der Waals surface area contributed by atoms with Gasteiger partial charge < -0.3 is 5.73 Å². The van der Waals surface area contributed by atoms with Crippen LogP contribution in [-0.4, -0.2) is 12.0 Å². The maximum atomic E-state index is 12.3. The average Bonchev–Trinajstić information content (AvgIpc) is 1.88. The Labute approximate surface area is 67.0 Å². The standard InChI is InChI=1S/C8H17F2N/c1-4-5-6(2)8(3,11)7(9)10/h6-7H,4-5,11H2,1-3H3. The molecule has 0 fully saturated rings. The fraction of sp³-hybridized carbons (Fsp3) is 1.00. The van der Waals surface area contributed by atoms with Crippen LogP contribution in [0.15, 0.2) is 0 Å². The molecule has 0 heterocycles. The molecule has 2 atom stereocenters. The van der Waals surface area contributed by atoms with Crippen molar-refractivity contribution in [3.05, 3.63) is 0 Å². The second-order valence-electron chi connectivity index (χ2n) is 3.36. The molecular weight excluding hydrogens is 148 g/mol. The number of hydrogen-bond acceptors (Lipinski definition) is 1. The van der Waals surface area contributed by atoms with Crippen LogP contribution in [0.3, 0.4) is 0 Å². The van der Waals surface area contributed by atoms with Crippen LogP contribution in [0.2, 0.25) is 0 Å². The minimum Gasteiger partial charge on any atom is -0.320 e. The Balaban J connectivity index is 4.05. The molecule has 0 aliphatic carbocycles. The molecule has 0 radical (unpaired) electrons. The molecule has 0 bridgehead atoms. The van der Waals surface area contributed by atoms with Crippen LogP contribution in [0.1, 0.15) is 33.6 Å². The van der Waals surface area contributed by atoms with Gasteiger partial charge in [-0.2, -0.15) is 0 Å². The highest BCUT2D eigenvalue weighted by Crippen LogP contribution is 2.25. The fourth-order valence-electron chi connectivity index (χ4n) is 0.959. The van der Waals surface area contributed by atoms with E-state index >= 15 is 0 Å². The number of halogens is 2. The zero-order valence-electron chi connectivity index (χ0n) is 7.40. The van der Waals surface area contributed by atoms with Gasteiger partial charge in [-0.3, -0.25) is 0 Å². The summed E-state index contributed by atoms with van der Waals surface area (Å²) in [4.78, 5) is 0. The lowest BCUT2D eigenvalue weighted by molar-refractivity contribution is 0.0308. The van der Waals surface area contributed by atoms with Crippen molar-refractivity contribution < 1.29 is 8.78 Å². The lowest BCUT2D eigenvalue weighted by atomic mass is 9.85. The third-order valence-corrected chi connectivity index (χ3v) is 2.25. The SMILES string of the molecule is CCCC(C)C(C)(N)C(F)F. The fourth-order valence-corrected chi connectivity index (χ4v) is 0.959. The lowest BCUT2D eigenvalue weighted by Crippen LogP contribution is -2.49. The molecule has 0 aliphatic rings. The molecule has 68 valence electrons. The Kier molecular flexibility index (Phi) is 3.93. The highest BCUT2D eigenvalue weighted by Gasteiger charge is 2.35. The van der Waals surface area contributed by atoms with E-state index in [1.165, 1.54) is 6.92 Å². The summed E-state index contributed by atoms with van der Waals surface area (Å²) in [6.07, 6.45) is -0.762. The minimum absolute atomic E-state index is 0.118. The molecule has 2 unspecified atom stereocenters. The van der Waals surface area contributed by atoms with Crippen LogP contribution in [0.5, 0.6) is 0 Å². The molecule has 0 saturated carbocycles. The first-order valence-corrected chi connectivity index (χ1v) is 4.00. The maximum Gasteiger partial charge on any atom is 0.256 e. The second kappa shape index (κ2) is 4.00. The maximum absolute atomic E-state index is 12.3. The molecule has 0 aliphatic heterocycles. The van der Waals surface area contributed by atoms with E-state index in [0.29, 0.717) is 0 Å². The molecule has 0 amide bonds. The van der Waals surface area contributed by atoms with Gasteiger partial charge in [-0.15, -0.1) is 0 Å². The highest BCUT2D eigenvalue weighted by molar-refractivity contribution is 4.86. The van der Waals surface area contributed by atoms with Crippen LogP contribution in [0.25, 0.3) is 0 Å². The van der Waals surface area contributed by atoms with Gasteiger partial charge in [0.2, 0.25) is 0 Å². The predicted molar refractivity (Wildman–Crippen MR) is 42.7 cm³/mol. The number of nitrogens with two attached hydrogens (primary N) is 1. The third-order valence-electron chi connectivity index (χ3n) is 2.25. The first kappa shape index (κ1) is 10.8. The molecule has 0 aromatic rings. The lowest BCUT2D eigenvalue weighted by Gasteiger charge is -2.30. The van der Waals surface area contributed by atoms with Crippen LogP contribution >= 0.6 is 0 Å². The summed E-state index contributed by atoms with van der Waals surface area (Å²) in [5, 5.41) is 0. The number of hydrogen-bond donors (Lipinski definition) is 1. The van der Waals surface area contributed by atoms with Gasteiger partial charge in [0, 0.05) is 0 Å². The molecule has 11 heavy (non-hydrogen) atoms. The van der Waals surface area contributed by atoms with Crippen molar-refractivity contribution in [1.82, 2.24) is 0 Å². The second-order valence-corrected chi connectivity index (χ2v) is 3.36. The van der Waals surface area contributed by atoms with E-state index in [-0.39, 0.29) is 5.92 Å². The minimum atomic E-state index is -2.43. The smallest absolute Gasteiger partial charge is 0.256 e. The Morgan fingerprint density at radius 3 is 2.18 bits per heavy atom. The molecular formula is C8H17F2N. The van der Waals surface area contributed by atoms with E-state index in [1.54, 1.807) is 6.92 Å². The van der Waals surface area contributed by atoms with Gasteiger partial charge in [0.05, 0.1) is 5.54 Å². The largest absolute Gasteiger partial charge is 0.320 e. The van der Waals surface area contributed by atoms with Crippen molar-refractivity contribution in [2.45, 2.75) is 45.6 Å². The van der Waals surface area contributed by atoms with E-state index in [4.69, 9.17) is 5.73 Å². The Morgan fingerprint density at radius 1 is 1.45 bits per heavy atom. The van der Waals surface area contributed by atoms with Crippen molar-refractivity contribution >= 4 is 0 Å². The van der Waals surface area contributed by atoms with Crippen molar-refractivity contribution in [3.63, 3.8) is 0 Å². The van der Waals surface area contributed by atoms with Crippen molar-refractivity contribution in [2.75, 3.05) is 0 Å². The first-order valence-electron chi connectivity index (χ1n) is 4.00. The zero-order chi connectivity index (χ0) is 9.07. The quantitative estimate of drug-likeness (QED) is 0.680. The van der Waals surface area contributed by atoms with Gasteiger partial charge in [0.25, 0.3) is 6.43 Å². The molecule has 0 rings (SSSR count). The summed E-state index contributed by atoms with van der Waals surface area (Å²) in [6.45, 7) is 5.16. The summed E-state index contributed by atoms with van der Waals surface area (Å²) in [5.41, 5.74) is 4.12. The van der Waals surface area contributed by atoms with E-state index in [1.807, 2.05) is 6.92 Å². The van der Waals surface area contributed by atoms with Gasteiger partial charge >= 0.3 is 0 Å². The van der Waals surface area contributed by atoms with E-state index in [9.17, 15) is 8.78 Å². The normalized spacial score (nSPS) is 19.9. The van der Waals surface area contributed by atoms with Crippen molar-refractivity contribution in [3.8, 4) is 0 Å². The van der Waals surface area contributed by atoms with E-state index in [0.717, 1.165) is 12.8 Å². The molecule has 0 spiro atoms. The van der Waals surface area contributed by atoms with Gasteiger partial charge in [-0.05, 0) is 19.3 Å². The number of rotatable bonds is 4. The van der Waals surface area contributed by atoms with Crippen LogP contribution in [0.4, 0.5) is 8.78 Å². The summed E-state index contributed by atoms with van der Waals surface area (Å²) in [7, 11) is 0. The molecule has 0 aromatic carbocycles. The number of alkyl halides is 2. The van der Waals surface area contributed by atoms with E-state index < -0.39 is 12.0 Å². The summed E-state index contributed by atoms with van der Waals surface area (Å²) in [5.74, 6) is -0.118. The van der Waals surface area contributed by atoms with Gasteiger partial charge in [0.15, 0.2) is 0 Å². The first-order chi connectivity index (χ1) is 4.92. The van der Waals surface area contributed by atoms with Gasteiger partial charge in [-0.25, -0.2) is 8.78 Å². The Hall–Kier alpha value is -0.180. The van der Waals surface area contributed by atoms with Crippen LogP contribution in [0, 0.1) is 5.92 Å². The van der Waals surface area contributed by atoms with E-state index in [2.05, 4.69) is 0 Å². The van der Waals surface area contributed by atoms with Crippen molar-refractivity contribution in [2.24, 2.45) is 11.7 Å². The van der Waals surface area contributed by atoms with Crippen LogP contribution in [-0.2, 0) is 0 Å². The van der Waals surface area contributed by atoms with Gasteiger partial charge in [0.1, 0.15) is 0 Å². The molecule has 3 heteroatoms. The highest BCUT2D eigenvalue weighted by atomic mass is 19.3. The molecule has 0 saturated heterocycles. The zero-order valence-corrected chi connectivity index (χ0v) is 7.40. The Bertz CT molecular complexity index is 113. The predicted octanol–water partition coefficient (Wildman–Crippen LogP) is 2.41. The average molecular weight is 165 g/mol. The summed E-state index contributed by atoms with van der Waals surface area (Å²) in [6, 6.07) is 0. The molecule has 2 N–H and O–H groups in total. The molecule has 0 aromatic heterocycles. The topological polar surface area (TPSA) is 26.0 Å².